The van der Waals surface area contributed by atoms with Crippen LogP contribution < -0.4 is 15.0 Å². The third-order valence-corrected chi connectivity index (χ3v) is 5.29. The molecule has 8 nitrogen and oxygen atoms in total. The van der Waals surface area contributed by atoms with E-state index >= 15 is 0 Å². The van der Waals surface area contributed by atoms with Crippen molar-refractivity contribution in [1.82, 2.24) is 20.4 Å². The molecular weight excluding hydrogens is 382 g/mol. The summed E-state index contributed by atoms with van der Waals surface area (Å²) in [5.41, 5.74) is 1.69. The Bertz CT molecular complexity index is 829. The molecule has 0 bridgehead atoms. The lowest BCUT2D eigenvalue weighted by atomic mass is 9.99. The van der Waals surface area contributed by atoms with Gasteiger partial charge in [-0.25, -0.2) is 0 Å². The van der Waals surface area contributed by atoms with Gasteiger partial charge in [-0.3, -0.25) is 14.7 Å². The number of amides is 2. The van der Waals surface area contributed by atoms with Crippen LogP contribution in [0.4, 0.5) is 5.69 Å². The Morgan fingerprint density at radius 3 is 2.89 bits per heavy atom. The standard InChI is InChI=1S/C19H23N5O3.ClH/c1-27-17-5-3-2-4-15(17)16-11-20-6-7-23(16)19(26)13-8-18(25)24(12-13)14-9-21-22-10-14;/h2-5,9-10,13,16,20H,6-8,11-12H2,1H3,(H,21,22);1H. The maximum atomic E-state index is 13.3. The summed E-state index contributed by atoms with van der Waals surface area (Å²) in [6.45, 7) is 2.40. The summed E-state index contributed by atoms with van der Waals surface area (Å²) in [7, 11) is 1.64. The number of nitrogens with zero attached hydrogens (tertiary/aromatic N) is 3. The molecule has 1 aromatic heterocycles. The Morgan fingerprint density at radius 2 is 2.14 bits per heavy atom. The zero-order valence-corrected chi connectivity index (χ0v) is 16.4. The topological polar surface area (TPSA) is 90.6 Å². The van der Waals surface area contributed by atoms with Crippen molar-refractivity contribution >= 4 is 29.9 Å². The summed E-state index contributed by atoms with van der Waals surface area (Å²) in [6, 6.07) is 7.67. The van der Waals surface area contributed by atoms with Crippen molar-refractivity contribution < 1.29 is 14.3 Å². The van der Waals surface area contributed by atoms with Crippen molar-refractivity contribution in [2.24, 2.45) is 5.92 Å². The van der Waals surface area contributed by atoms with E-state index < -0.39 is 0 Å². The van der Waals surface area contributed by atoms with Crippen LogP contribution in [0.15, 0.2) is 36.7 Å². The van der Waals surface area contributed by atoms with E-state index in [0.29, 0.717) is 25.3 Å². The lowest BCUT2D eigenvalue weighted by Gasteiger charge is -2.38. The molecule has 0 spiro atoms. The van der Waals surface area contributed by atoms with Crippen LogP contribution in [-0.2, 0) is 9.59 Å². The maximum absolute atomic E-state index is 13.3. The summed E-state index contributed by atoms with van der Waals surface area (Å²) in [5.74, 6) is 0.403. The van der Waals surface area contributed by atoms with Crippen LogP contribution in [-0.4, -0.2) is 60.2 Å². The normalized spacial score (nSPS) is 22.1. The number of benzene rings is 1. The average Bonchev–Trinajstić information content (AvgIpc) is 3.37. The number of nitrogens with one attached hydrogen (secondary N) is 2. The third kappa shape index (κ3) is 3.70. The number of rotatable bonds is 4. The molecule has 2 amide bonds. The molecule has 2 unspecified atom stereocenters. The molecule has 1 aromatic carbocycles. The first-order valence-electron chi connectivity index (χ1n) is 9.12. The lowest BCUT2D eigenvalue weighted by molar-refractivity contribution is -0.139. The van der Waals surface area contributed by atoms with E-state index in [1.165, 1.54) is 0 Å². The number of methoxy groups -OCH3 is 1. The number of para-hydroxylation sites is 1. The zero-order chi connectivity index (χ0) is 18.8. The molecule has 150 valence electrons. The molecule has 4 rings (SSSR count). The molecule has 2 saturated heterocycles. The molecule has 2 aliphatic heterocycles. The minimum absolute atomic E-state index is 0. The van der Waals surface area contributed by atoms with Crippen molar-refractivity contribution in [1.29, 1.82) is 0 Å². The van der Waals surface area contributed by atoms with E-state index in [1.807, 2.05) is 29.2 Å². The number of ether oxygens (including phenoxy) is 1. The minimum atomic E-state index is -0.345. The highest BCUT2D eigenvalue weighted by Gasteiger charge is 2.40. The number of piperazine rings is 1. The van der Waals surface area contributed by atoms with Gasteiger partial charge in [-0.2, -0.15) is 5.10 Å². The van der Waals surface area contributed by atoms with Gasteiger partial charge < -0.3 is 19.9 Å². The fourth-order valence-electron chi connectivity index (χ4n) is 3.94. The van der Waals surface area contributed by atoms with Gasteiger partial charge in [-0.1, -0.05) is 18.2 Å². The van der Waals surface area contributed by atoms with Crippen molar-refractivity contribution in [3.8, 4) is 5.75 Å². The average molecular weight is 406 g/mol. The van der Waals surface area contributed by atoms with E-state index in [1.54, 1.807) is 24.4 Å². The Labute approximate surface area is 169 Å². The number of hydrogen-bond donors (Lipinski definition) is 2. The first-order chi connectivity index (χ1) is 13.2. The van der Waals surface area contributed by atoms with E-state index in [2.05, 4.69) is 15.5 Å². The number of anilines is 1. The van der Waals surface area contributed by atoms with Crippen molar-refractivity contribution in [2.45, 2.75) is 12.5 Å². The highest BCUT2D eigenvalue weighted by atomic mass is 35.5. The molecule has 2 fully saturated rings. The molecule has 3 heterocycles. The number of carbonyl (C=O) groups is 2. The van der Waals surface area contributed by atoms with Gasteiger partial charge in [-0.05, 0) is 6.07 Å². The second-order valence-electron chi connectivity index (χ2n) is 6.86. The second kappa shape index (κ2) is 8.62. The van der Waals surface area contributed by atoms with Gasteiger partial charge >= 0.3 is 0 Å². The van der Waals surface area contributed by atoms with Crippen molar-refractivity contribution in [3.05, 3.63) is 42.2 Å². The van der Waals surface area contributed by atoms with Crippen LogP contribution in [0.2, 0.25) is 0 Å². The summed E-state index contributed by atoms with van der Waals surface area (Å²) >= 11 is 0. The largest absolute Gasteiger partial charge is 0.496 e. The van der Waals surface area contributed by atoms with Crippen LogP contribution in [0.3, 0.4) is 0 Å². The van der Waals surface area contributed by atoms with E-state index in [0.717, 1.165) is 17.9 Å². The van der Waals surface area contributed by atoms with Gasteiger partial charge in [0.2, 0.25) is 11.8 Å². The van der Waals surface area contributed by atoms with Crippen LogP contribution in [0.1, 0.15) is 18.0 Å². The van der Waals surface area contributed by atoms with Gasteiger partial charge in [0.1, 0.15) is 5.75 Å². The molecular formula is C19H24ClN5O3. The molecule has 28 heavy (non-hydrogen) atoms. The summed E-state index contributed by atoms with van der Waals surface area (Å²) in [6.07, 6.45) is 3.51. The van der Waals surface area contributed by atoms with Crippen LogP contribution in [0.5, 0.6) is 5.75 Å². The zero-order valence-electron chi connectivity index (χ0n) is 15.6. The predicted molar refractivity (Wildman–Crippen MR) is 107 cm³/mol. The van der Waals surface area contributed by atoms with Gasteiger partial charge in [-0.15, -0.1) is 12.4 Å². The van der Waals surface area contributed by atoms with Gasteiger partial charge in [0, 0.05) is 44.4 Å². The summed E-state index contributed by atoms with van der Waals surface area (Å²) in [5, 5.41) is 9.97. The molecule has 2 atom stereocenters. The Hall–Kier alpha value is -2.58. The number of carbonyl (C=O) groups excluding carboxylic acids is 2. The minimum Gasteiger partial charge on any atom is -0.496 e. The Kier molecular flexibility index (Phi) is 6.21. The molecule has 9 heteroatoms. The van der Waals surface area contributed by atoms with Gasteiger partial charge in [0.25, 0.3) is 0 Å². The fourth-order valence-corrected chi connectivity index (χ4v) is 3.94. The fraction of sp³-hybridized carbons (Fsp3) is 0.421. The molecule has 0 saturated carbocycles. The summed E-state index contributed by atoms with van der Waals surface area (Å²) < 4.78 is 5.50. The molecule has 2 aliphatic rings. The van der Waals surface area contributed by atoms with E-state index in [4.69, 9.17) is 4.74 Å². The monoisotopic (exact) mass is 405 g/mol. The molecule has 0 radical (unpaired) electrons. The molecule has 0 aliphatic carbocycles. The summed E-state index contributed by atoms with van der Waals surface area (Å²) in [4.78, 5) is 29.2. The van der Waals surface area contributed by atoms with Gasteiger partial charge in [0.05, 0.1) is 31.0 Å². The van der Waals surface area contributed by atoms with E-state index in [-0.39, 0.29) is 42.6 Å². The SMILES string of the molecule is COc1ccccc1C1CNCCN1C(=O)C1CC(=O)N(c2cn[nH]c2)C1.Cl. The Morgan fingerprint density at radius 1 is 1.32 bits per heavy atom. The smallest absolute Gasteiger partial charge is 0.228 e. The highest BCUT2D eigenvalue weighted by Crippen LogP contribution is 2.33. The van der Waals surface area contributed by atoms with Gasteiger partial charge in [0.15, 0.2) is 0 Å². The van der Waals surface area contributed by atoms with Crippen LogP contribution in [0.25, 0.3) is 0 Å². The first-order valence-corrected chi connectivity index (χ1v) is 9.12. The number of aromatic nitrogens is 2. The quantitative estimate of drug-likeness (QED) is 0.801. The number of hydrogen-bond acceptors (Lipinski definition) is 5. The third-order valence-electron chi connectivity index (χ3n) is 5.29. The first kappa shape index (κ1) is 20.2. The Balaban J connectivity index is 0.00000225. The predicted octanol–water partition coefficient (Wildman–Crippen LogP) is 1.37. The molecule has 2 N–H and O–H groups in total. The molecule has 2 aromatic rings. The second-order valence-corrected chi connectivity index (χ2v) is 6.86. The van der Waals surface area contributed by atoms with E-state index in [9.17, 15) is 9.59 Å². The number of halogens is 1. The van der Waals surface area contributed by atoms with Crippen molar-refractivity contribution in [2.75, 3.05) is 38.2 Å². The van der Waals surface area contributed by atoms with Crippen molar-refractivity contribution in [3.63, 3.8) is 0 Å². The lowest BCUT2D eigenvalue weighted by Crippen LogP contribution is -2.50. The highest BCUT2D eigenvalue weighted by molar-refractivity contribution is 6.00. The number of aromatic amines is 1. The van der Waals surface area contributed by atoms with Crippen LogP contribution >= 0.6 is 12.4 Å². The number of H-pyrrole nitrogens is 1. The maximum Gasteiger partial charge on any atom is 0.228 e. The van der Waals surface area contributed by atoms with Crippen LogP contribution in [0, 0.1) is 5.92 Å².